The van der Waals surface area contributed by atoms with Crippen LogP contribution in [0.3, 0.4) is 0 Å². The number of halogens is 1. The molecule has 0 bridgehead atoms. The minimum absolute atomic E-state index is 0.106. The van der Waals surface area contributed by atoms with Crippen molar-refractivity contribution >= 4 is 15.9 Å². The molecule has 0 unspecified atom stereocenters. The van der Waals surface area contributed by atoms with Crippen LogP contribution in [-0.4, -0.2) is 29.0 Å². The highest BCUT2D eigenvalue weighted by molar-refractivity contribution is 9.10. The van der Waals surface area contributed by atoms with Crippen LogP contribution in [-0.2, 0) is 6.54 Å². The Labute approximate surface area is 97.8 Å². The summed E-state index contributed by atoms with van der Waals surface area (Å²) in [5.74, 6) is 0.944. The van der Waals surface area contributed by atoms with Gasteiger partial charge in [-0.25, -0.2) is 4.98 Å². The minimum atomic E-state index is -0.106. The number of nitrogens with one attached hydrogen (secondary N) is 1. The molecule has 4 nitrogen and oxygen atoms in total. The van der Waals surface area contributed by atoms with Gasteiger partial charge in [-0.3, -0.25) is 4.79 Å². The van der Waals surface area contributed by atoms with Gasteiger partial charge in [0.15, 0.2) is 0 Å². The van der Waals surface area contributed by atoms with E-state index in [0.717, 1.165) is 5.69 Å². The SMILES string of the molecule is CC(C)c1nc(CN(C)C)[nH]c(=O)c1Br. The highest BCUT2D eigenvalue weighted by Crippen LogP contribution is 2.18. The molecule has 84 valence electrons. The van der Waals surface area contributed by atoms with Gasteiger partial charge in [-0.15, -0.1) is 0 Å². The number of nitrogens with zero attached hydrogens (tertiary/aromatic N) is 2. The highest BCUT2D eigenvalue weighted by Gasteiger charge is 2.12. The number of H-pyrrole nitrogens is 1. The van der Waals surface area contributed by atoms with Crippen LogP contribution in [0.25, 0.3) is 0 Å². The van der Waals surface area contributed by atoms with Crippen molar-refractivity contribution in [2.24, 2.45) is 0 Å². The number of hydrogen-bond donors (Lipinski definition) is 1. The molecule has 1 N–H and O–H groups in total. The van der Waals surface area contributed by atoms with Gasteiger partial charge in [0.05, 0.1) is 12.2 Å². The van der Waals surface area contributed by atoms with Crippen LogP contribution in [0.15, 0.2) is 9.27 Å². The van der Waals surface area contributed by atoms with E-state index in [4.69, 9.17) is 0 Å². The average molecular weight is 274 g/mol. The van der Waals surface area contributed by atoms with E-state index < -0.39 is 0 Å². The summed E-state index contributed by atoms with van der Waals surface area (Å²) in [5, 5.41) is 0. The minimum Gasteiger partial charge on any atom is -0.308 e. The fourth-order valence-corrected chi connectivity index (χ4v) is 1.93. The second kappa shape index (κ2) is 4.90. The molecule has 15 heavy (non-hydrogen) atoms. The maximum absolute atomic E-state index is 11.6. The Kier molecular flexibility index (Phi) is 4.04. The molecule has 0 spiro atoms. The molecule has 0 atom stereocenters. The lowest BCUT2D eigenvalue weighted by atomic mass is 10.1. The standard InChI is InChI=1S/C10H16BrN3O/c1-6(2)9-8(11)10(15)13-7(12-9)5-14(3)4/h6H,5H2,1-4H3,(H,12,13,15). The zero-order valence-corrected chi connectivity index (χ0v) is 11.1. The number of aromatic amines is 1. The number of rotatable bonds is 3. The van der Waals surface area contributed by atoms with E-state index in [1.165, 1.54) is 0 Å². The zero-order valence-electron chi connectivity index (χ0n) is 9.47. The molecular weight excluding hydrogens is 258 g/mol. The quantitative estimate of drug-likeness (QED) is 0.913. The van der Waals surface area contributed by atoms with Crippen LogP contribution in [0.1, 0.15) is 31.3 Å². The Morgan fingerprint density at radius 1 is 1.47 bits per heavy atom. The molecule has 5 heteroatoms. The third-order valence-corrected chi connectivity index (χ3v) is 2.72. The zero-order chi connectivity index (χ0) is 11.6. The molecular formula is C10H16BrN3O. The van der Waals surface area contributed by atoms with E-state index in [9.17, 15) is 4.79 Å². The van der Waals surface area contributed by atoms with E-state index in [1.807, 2.05) is 32.8 Å². The molecule has 0 aliphatic rings. The molecule has 0 amide bonds. The first-order valence-electron chi connectivity index (χ1n) is 4.85. The summed E-state index contributed by atoms with van der Waals surface area (Å²) in [6.45, 7) is 4.68. The summed E-state index contributed by atoms with van der Waals surface area (Å²) in [4.78, 5) is 20.7. The Hall–Kier alpha value is -0.680. The third-order valence-electron chi connectivity index (χ3n) is 1.95. The predicted molar refractivity (Wildman–Crippen MR) is 64.0 cm³/mol. The van der Waals surface area contributed by atoms with Gasteiger partial charge in [0.2, 0.25) is 0 Å². The second-order valence-electron chi connectivity index (χ2n) is 4.10. The summed E-state index contributed by atoms with van der Waals surface area (Å²) >= 11 is 3.26. The molecule has 1 rings (SSSR count). The normalized spacial score (nSPS) is 11.4. The van der Waals surface area contributed by atoms with Gasteiger partial charge in [0.25, 0.3) is 5.56 Å². The average Bonchev–Trinajstić information content (AvgIpc) is 2.09. The molecule has 0 aliphatic heterocycles. The van der Waals surface area contributed by atoms with E-state index in [-0.39, 0.29) is 11.5 Å². The molecule has 0 saturated carbocycles. The Morgan fingerprint density at radius 2 is 2.07 bits per heavy atom. The fraction of sp³-hybridized carbons (Fsp3) is 0.600. The first kappa shape index (κ1) is 12.4. The second-order valence-corrected chi connectivity index (χ2v) is 4.90. The van der Waals surface area contributed by atoms with Gasteiger partial charge < -0.3 is 9.88 Å². The van der Waals surface area contributed by atoms with Crippen molar-refractivity contribution < 1.29 is 0 Å². The predicted octanol–water partition coefficient (Wildman–Crippen LogP) is 1.72. The van der Waals surface area contributed by atoms with Gasteiger partial charge in [-0.05, 0) is 35.9 Å². The number of hydrogen-bond acceptors (Lipinski definition) is 3. The van der Waals surface area contributed by atoms with Crippen LogP contribution in [0.2, 0.25) is 0 Å². The maximum Gasteiger partial charge on any atom is 0.265 e. The van der Waals surface area contributed by atoms with Crippen molar-refractivity contribution in [3.63, 3.8) is 0 Å². The van der Waals surface area contributed by atoms with E-state index >= 15 is 0 Å². The third kappa shape index (κ3) is 3.14. The molecule has 1 aromatic rings. The molecule has 0 aromatic carbocycles. The summed E-state index contributed by atoms with van der Waals surface area (Å²) in [7, 11) is 3.88. The van der Waals surface area contributed by atoms with Gasteiger partial charge in [-0.1, -0.05) is 13.8 Å². The van der Waals surface area contributed by atoms with Crippen LogP contribution < -0.4 is 5.56 Å². The van der Waals surface area contributed by atoms with E-state index in [0.29, 0.717) is 16.8 Å². The fourth-order valence-electron chi connectivity index (χ4n) is 1.28. The molecule has 0 radical (unpaired) electrons. The molecule has 1 aromatic heterocycles. The van der Waals surface area contributed by atoms with Crippen LogP contribution in [0, 0.1) is 0 Å². The largest absolute Gasteiger partial charge is 0.308 e. The molecule has 0 aliphatic carbocycles. The van der Waals surface area contributed by atoms with E-state index in [1.54, 1.807) is 0 Å². The Bertz CT molecular complexity index is 398. The van der Waals surface area contributed by atoms with Crippen molar-refractivity contribution in [3.05, 3.63) is 26.3 Å². The highest BCUT2D eigenvalue weighted by atomic mass is 79.9. The van der Waals surface area contributed by atoms with Crippen LogP contribution >= 0.6 is 15.9 Å². The Balaban J connectivity index is 3.18. The van der Waals surface area contributed by atoms with Gasteiger partial charge in [0, 0.05) is 0 Å². The van der Waals surface area contributed by atoms with E-state index in [2.05, 4.69) is 25.9 Å². The lowest BCUT2D eigenvalue weighted by Gasteiger charge is -2.12. The Morgan fingerprint density at radius 3 is 2.53 bits per heavy atom. The van der Waals surface area contributed by atoms with Gasteiger partial charge >= 0.3 is 0 Å². The topological polar surface area (TPSA) is 49.0 Å². The van der Waals surface area contributed by atoms with Crippen molar-refractivity contribution in [3.8, 4) is 0 Å². The summed E-state index contributed by atoms with van der Waals surface area (Å²) in [5.41, 5.74) is 0.709. The lowest BCUT2D eigenvalue weighted by molar-refractivity contribution is 0.388. The summed E-state index contributed by atoms with van der Waals surface area (Å²) in [6.07, 6.45) is 0. The number of aromatic nitrogens is 2. The van der Waals surface area contributed by atoms with Crippen molar-refractivity contribution in [1.29, 1.82) is 0 Å². The maximum atomic E-state index is 11.6. The molecule has 1 heterocycles. The first-order chi connectivity index (χ1) is 6.91. The van der Waals surface area contributed by atoms with Crippen molar-refractivity contribution in [2.45, 2.75) is 26.3 Å². The summed E-state index contributed by atoms with van der Waals surface area (Å²) < 4.78 is 0.542. The monoisotopic (exact) mass is 273 g/mol. The smallest absolute Gasteiger partial charge is 0.265 e. The van der Waals surface area contributed by atoms with Crippen LogP contribution in [0.4, 0.5) is 0 Å². The lowest BCUT2D eigenvalue weighted by Crippen LogP contribution is -2.21. The van der Waals surface area contributed by atoms with Crippen molar-refractivity contribution in [2.75, 3.05) is 14.1 Å². The summed E-state index contributed by atoms with van der Waals surface area (Å²) in [6, 6.07) is 0. The van der Waals surface area contributed by atoms with Crippen molar-refractivity contribution in [1.82, 2.24) is 14.9 Å². The first-order valence-corrected chi connectivity index (χ1v) is 5.64. The van der Waals surface area contributed by atoms with Gasteiger partial charge in [-0.2, -0.15) is 0 Å². The molecule has 0 saturated heterocycles. The molecule has 0 fully saturated rings. The van der Waals surface area contributed by atoms with Crippen LogP contribution in [0.5, 0.6) is 0 Å². The van der Waals surface area contributed by atoms with Gasteiger partial charge in [0.1, 0.15) is 10.3 Å².